The fourth-order valence-electron chi connectivity index (χ4n) is 4.17. The molecule has 3 aromatic rings. The third kappa shape index (κ3) is 4.31. The minimum absolute atomic E-state index is 0.234. The second-order valence-corrected chi connectivity index (χ2v) is 9.98. The molecular weight excluding hydrogens is 368 g/mol. The van der Waals surface area contributed by atoms with Crippen LogP contribution in [0.3, 0.4) is 0 Å². The molecule has 1 N–H and O–H groups in total. The van der Waals surface area contributed by atoms with Crippen LogP contribution in [0.2, 0.25) is 0 Å². The van der Waals surface area contributed by atoms with Crippen molar-refractivity contribution in [2.75, 3.05) is 18.8 Å². The topological polar surface area (TPSA) is 53.2 Å². The number of fused-ring (bicyclic) bond motifs is 1. The summed E-state index contributed by atoms with van der Waals surface area (Å²) in [4.78, 5) is 3.53. The molecule has 5 heteroatoms. The summed E-state index contributed by atoms with van der Waals surface area (Å²) in [5.74, 6) is 0.640. The molecule has 0 spiro atoms. The summed E-state index contributed by atoms with van der Waals surface area (Å²) in [6.45, 7) is 3.34. The second-order valence-electron chi connectivity index (χ2n) is 7.89. The van der Waals surface area contributed by atoms with Crippen molar-refractivity contribution < 1.29 is 8.42 Å². The van der Waals surface area contributed by atoms with Gasteiger partial charge in [-0.2, -0.15) is 0 Å². The maximum Gasteiger partial charge on any atom is 0.214 e. The van der Waals surface area contributed by atoms with Crippen molar-refractivity contribution in [1.82, 2.24) is 9.29 Å². The average molecular weight is 397 g/mol. The van der Waals surface area contributed by atoms with E-state index in [0.29, 0.717) is 25.4 Å². The number of piperidine rings is 1. The van der Waals surface area contributed by atoms with Gasteiger partial charge in [-0.25, -0.2) is 12.7 Å². The maximum atomic E-state index is 12.7. The first-order chi connectivity index (χ1) is 13.5. The molecule has 1 fully saturated rings. The van der Waals surface area contributed by atoms with Crippen LogP contribution < -0.4 is 0 Å². The van der Waals surface area contributed by atoms with Gasteiger partial charge in [0.2, 0.25) is 10.0 Å². The highest BCUT2D eigenvalue weighted by molar-refractivity contribution is 7.89. The zero-order chi connectivity index (χ0) is 19.6. The third-order valence-electron chi connectivity index (χ3n) is 5.79. The largest absolute Gasteiger partial charge is 0.358 e. The highest BCUT2D eigenvalue weighted by Crippen LogP contribution is 2.31. The van der Waals surface area contributed by atoms with Gasteiger partial charge < -0.3 is 4.98 Å². The van der Waals surface area contributed by atoms with Crippen LogP contribution in [-0.2, 0) is 16.4 Å². The molecule has 0 radical (unpaired) electrons. The smallest absolute Gasteiger partial charge is 0.214 e. The molecule has 0 bridgehead atoms. The van der Waals surface area contributed by atoms with Gasteiger partial charge in [0.05, 0.1) is 5.75 Å². The highest BCUT2D eigenvalue weighted by Gasteiger charge is 2.28. The van der Waals surface area contributed by atoms with E-state index in [-0.39, 0.29) is 5.75 Å². The average Bonchev–Trinajstić information content (AvgIpc) is 3.12. The van der Waals surface area contributed by atoms with E-state index in [2.05, 4.69) is 48.3 Å². The molecule has 4 nitrogen and oxygen atoms in total. The van der Waals surface area contributed by atoms with E-state index >= 15 is 0 Å². The molecule has 4 rings (SSSR count). The molecule has 1 aliphatic heterocycles. The first-order valence-corrected chi connectivity index (χ1v) is 11.7. The Morgan fingerprint density at radius 1 is 1.04 bits per heavy atom. The zero-order valence-electron chi connectivity index (χ0n) is 16.4. The summed E-state index contributed by atoms with van der Waals surface area (Å²) in [5.41, 5.74) is 4.86. The summed E-state index contributed by atoms with van der Waals surface area (Å²) >= 11 is 0. The number of nitrogens with zero attached hydrogens (tertiary/aromatic N) is 1. The minimum Gasteiger partial charge on any atom is -0.358 e. The van der Waals surface area contributed by atoms with Crippen molar-refractivity contribution in [2.24, 2.45) is 0 Å². The van der Waals surface area contributed by atoms with E-state index in [1.54, 1.807) is 4.31 Å². The number of aryl methyl sites for hydroxylation is 2. The summed E-state index contributed by atoms with van der Waals surface area (Å²) in [5, 5.41) is 1.24. The van der Waals surface area contributed by atoms with Crippen molar-refractivity contribution in [3.05, 3.63) is 71.4 Å². The van der Waals surface area contributed by atoms with Gasteiger partial charge in [0.15, 0.2) is 0 Å². The fourth-order valence-corrected chi connectivity index (χ4v) is 5.71. The molecule has 2 heterocycles. The SMILES string of the molecule is Cc1ccc2[nH]c(C3CCN(S(=O)(=O)CCCc4ccccc4)CC3)cc2c1. The highest BCUT2D eigenvalue weighted by atomic mass is 32.2. The van der Waals surface area contributed by atoms with Crippen molar-refractivity contribution >= 4 is 20.9 Å². The standard InChI is InChI=1S/C23H28N2O2S/c1-18-9-10-22-21(16-18)17-23(24-22)20-11-13-25(14-12-20)28(26,27)15-5-8-19-6-3-2-4-7-19/h2-4,6-7,9-10,16-17,20,24H,5,8,11-15H2,1H3. The van der Waals surface area contributed by atoms with E-state index in [1.165, 1.54) is 22.2 Å². The van der Waals surface area contributed by atoms with E-state index in [9.17, 15) is 8.42 Å². The van der Waals surface area contributed by atoms with Crippen molar-refractivity contribution in [2.45, 2.75) is 38.5 Å². The van der Waals surface area contributed by atoms with E-state index in [1.807, 2.05) is 18.2 Å². The second kappa shape index (κ2) is 8.10. The Morgan fingerprint density at radius 2 is 1.79 bits per heavy atom. The summed E-state index contributed by atoms with van der Waals surface area (Å²) in [6.07, 6.45) is 3.24. The zero-order valence-corrected chi connectivity index (χ0v) is 17.2. The molecule has 0 atom stereocenters. The number of sulfonamides is 1. The molecule has 1 aromatic heterocycles. The van der Waals surface area contributed by atoms with Gasteiger partial charge in [0.25, 0.3) is 0 Å². The molecule has 2 aromatic carbocycles. The molecule has 0 saturated carbocycles. The molecule has 0 aliphatic carbocycles. The van der Waals surface area contributed by atoms with Crippen LogP contribution >= 0.6 is 0 Å². The lowest BCUT2D eigenvalue weighted by atomic mass is 9.95. The lowest BCUT2D eigenvalue weighted by Gasteiger charge is -2.30. The van der Waals surface area contributed by atoms with Gasteiger partial charge in [0, 0.05) is 30.2 Å². The molecule has 1 aliphatic rings. The van der Waals surface area contributed by atoms with E-state index in [4.69, 9.17) is 0 Å². The van der Waals surface area contributed by atoms with E-state index < -0.39 is 10.0 Å². The lowest BCUT2D eigenvalue weighted by Crippen LogP contribution is -2.39. The summed E-state index contributed by atoms with van der Waals surface area (Å²) in [7, 11) is -3.17. The fraction of sp³-hybridized carbons (Fsp3) is 0.391. The van der Waals surface area contributed by atoms with Gasteiger partial charge in [-0.3, -0.25) is 0 Å². The van der Waals surface area contributed by atoms with Crippen LogP contribution in [0.4, 0.5) is 0 Å². The number of nitrogens with one attached hydrogen (secondary N) is 1. The van der Waals surface area contributed by atoms with E-state index in [0.717, 1.165) is 24.8 Å². The van der Waals surface area contributed by atoms with Crippen LogP contribution in [-0.4, -0.2) is 36.5 Å². The first-order valence-electron chi connectivity index (χ1n) is 10.1. The van der Waals surface area contributed by atoms with Gasteiger partial charge in [-0.05, 0) is 61.8 Å². The number of aromatic amines is 1. The summed E-state index contributed by atoms with van der Waals surface area (Å²) < 4.78 is 27.1. The Kier molecular flexibility index (Phi) is 5.56. The van der Waals surface area contributed by atoms with Crippen molar-refractivity contribution in [1.29, 1.82) is 0 Å². The number of aromatic nitrogens is 1. The minimum atomic E-state index is -3.17. The predicted octanol–water partition coefficient (Wildman–Crippen LogP) is 4.62. The Hall–Kier alpha value is -2.11. The Bertz CT molecular complexity index is 1030. The van der Waals surface area contributed by atoms with Crippen LogP contribution in [0, 0.1) is 6.92 Å². The molecular formula is C23H28N2O2S. The Labute approximate surface area is 167 Å². The number of benzene rings is 2. The Balaban J connectivity index is 1.33. The molecule has 0 amide bonds. The molecule has 0 unspecified atom stereocenters. The van der Waals surface area contributed by atoms with Gasteiger partial charge in [-0.15, -0.1) is 0 Å². The quantitative estimate of drug-likeness (QED) is 0.661. The molecule has 148 valence electrons. The lowest BCUT2D eigenvalue weighted by molar-refractivity contribution is 0.317. The first kappa shape index (κ1) is 19.2. The normalized spacial score (nSPS) is 16.6. The van der Waals surface area contributed by atoms with Crippen LogP contribution in [0.25, 0.3) is 10.9 Å². The van der Waals surface area contributed by atoms with Crippen LogP contribution in [0.1, 0.15) is 42.0 Å². The molecule has 28 heavy (non-hydrogen) atoms. The van der Waals surface area contributed by atoms with Crippen LogP contribution in [0.15, 0.2) is 54.6 Å². The summed E-state index contributed by atoms with van der Waals surface area (Å²) in [6, 6.07) is 18.8. The maximum absolute atomic E-state index is 12.7. The van der Waals surface area contributed by atoms with Crippen LogP contribution in [0.5, 0.6) is 0 Å². The van der Waals surface area contributed by atoms with Gasteiger partial charge in [0.1, 0.15) is 0 Å². The number of H-pyrrole nitrogens is 1. The molecule has 1 saturated heterocycles. The number of rotatable bonds is 6. The monoisotopic (exact) mass is 396 g/mol. The third-order valence-corrected chi connectivity index (χ3v) is 7.75. The van der Waals surface area contributed by atoms with Crippen molar-refractivity contribution in [3.8, 4) is 0 Å². The number of hydrogen-bond donors (Lipinski definition) is 1. The van der Waals surface area contributed by atoms with Gasteiger partial charge >= 0.3 is 0 Å². The predicted molar refractivity (Wildman–Crippen MR) is 115 cm³/mol. The van der Waals surface area contributed by atoms with Gasteiger partial charge in [-0.1, -0.05) is 42.0 Å². The Morgan fingerprint density at radius 3 is 2.54 bits per heavy atom. The van der Waals surface area contributed by atoms with Crippen molar-refractivity contribution in [3.63, 3.8) is 0 Å². The number of hydrogen-bond acceptors (Lipinski definition) is 2.